The van der Waals surface area contributed by atoms with E-state index in [0.717, 1.165) is 77.6 Å². The maximum Gasteiger partial charge on any atom is 0.248 e. The Hall–Kier alpha value is -2.50. The molecule has 0 aliphatic heterocycles. The van der Waals surface area contributed by atoms with Gasteiger partial charge >= 0.3 is 0 Å². The number of nitrogens with zero attached hydrogens (tertiary/aromatic N) is 1. The Balaban J connectivity index is 1.05. The summed E-state index contributed by atoms with van der Waals surface area (Å²) in [6, 6.07) is 6.19. The molecule has 0 spiro atoms. The number of nitrogens with one attached hydrogen (secondary N) is 2. The minimum Gasteiger partial charge on any atom is -0.506 e. The van der Waals surface area contributed by atoms with Gasteiger partial charge in [-0.05, 0) is 74.9 Å². The van der Waals surface area contributed by atoms with Gasteiger partial charge in [0.15, 0.2) is 9.84 Å². The number of H-pyrrole nitrogens is 1. The summed E-state index contributed by atoms with van der Waals surface area (Å²) >= 11 is 0. The number of aromatic amines is 1. The molecule has 10 heteroatoms. The smallest absolute Gasteiger partial charge is 0.248 e. The van der Waals surface area contributed by atoms with E-state index in [1.807, 2.05) is 12.2 Å². The molecular weight excluding hydrogens is 566 g/mol. The number of unbranched alkanes of at least 4 members (excludes halogenated alkanes) is 3. The first-order valence-electron chi connectivity index (χ1n) is 15.8. The summed E-state index contributed by atoms with van der Waals surface area (Å²) in [4.78, 5) is 17.0. The second kappa shape index (κ2) is 16.0. The fourth-order valence-corrected chi connectivity index (χ4v) is 8.06. The quantitative estimate of drug-likeness (QED) is 0.192. The SMILES string of the molecule is CC1C=CC(S(=O)(=O)C2CCCC2)=CC1CN(C)CCOCCCCCCNC[C@H](O)c1ccc(O)c2[nH]c(=O)ccc12. The van der Waals surface area contributed by atoms with Crippen molar-refractivity contribution in [3.63, 3.8) is 0 Å². The molecule has 9 nitrogen and oxygen atoms in total. The number of phenolic OH excluding ortho intramolecular Hbond substituents is 1. The van der Waals surface area contributed by atoms with E-state index in [2.05, 4.69) is 35.2 Å². The number of aromatic nitrogens is 1. The van der Waals surface area contributed by atoms with Crippen LogP contribution in [-0.2, 0) is 14.6 Å². The normalized spacial score (nSPS) is 20.2. The van der Waals surface area contributed by atoms with Crippen LogP contribution in [0, 0.1) is 11.8 Å². The highest BCUT2D eigenvalue weighted by Gasteiger charge is 2.33. The summed E-state index contributed by atoms with van der Waals surface area (Å²) in [5.74, 6) is 0.476. The van der Waals surface area contributed by atoms with Gasteiger partial charge in [-0.1, -0.05) is 50.8 Å². The summed E-state index contributed by atoms with van der Waals surface area (Å²) < 4.78 is 32.0. The number of hydrogen-bond donors (Lipinski definition) is 4. The minimum atomic E-state index is -3.22. The van der Waals surface area contributed by atoms with E-state index in [1.165, 1.54) is 12.1 Å². The zero-order chi connectivity index (χ0) is 30.8. The number of hydrogen-bond acceptors (Lipinski definition) is 8. The lowest BCUT2D eigenvalue weighted by Crippen LogP contribution is -2.32. The zero-order valence-corrected chi connectivity index (χ0v) is 26.4. The molecule has 1 aromatic carbocycles. The lowest BCUT2D eigenvalue weighted by molar-refractivity contribution is 0.104. The standard InChI is InChI=1S/C33H49N3O6S/c1-24-11-12-27(43(40,41)26-9-5-6-10-26)21-25(24)23-36(2)18-20-42-19-8-4-3-7-17-34-22-31(38)28-13-15-30(37)33-29(28)14-16-32(39)35-33/h11-16,21,24-26,31,34,37-38H,3-10,17-20,22-23H2,1-2H3,(H,35,39)/t24?,25?,31-/m0/s1. The first kappa shape index (κ1) is 33.4. The largest absolute Gasteiger partial charge is 0.506 e. The fourth-order valence-electron chi connectivity index (χ4n) is 6.09. The molecule has 2 aliphatic carbocycles. The Morgan fingerprint density at radius 2 is 1.86 bits per heavy atom. The lowest BCUT2D eigenvalue weighted by atomic mass is 9.89. The zero-order valence-electron chi connectivity index (χ0n) is 25.6. The van der Waals surface area contributed by atoms with Crippen molar-refractivity contribution in [1.82, 2.24) is 15.2 Å². The number of fused-ring (bicyclic) bond motifs is 1. The first-order chi connectivity index (χ1) is 20.7. The van der Waals surface area contributed by atoms with Crippen LogP contribution in [-0.4, -0.2) is 80.2 Å². The Bertz CT molecular complexity index is 1410. The van der Waals surface area contributed by atoms with Crippen LogP contribution in [0.2, 0.25) is 0 Å². The van der Waals surface area contributed by atoms with Gasteiger partial charge in [0.05, 0.1) is 28.4 Å². The molecule has 3 atom stereocenters. The average Bonchev–Trinajstić information content (AvgIpc) is 3.53. The number of phenols is 1. The van der Waals surface area contributed by atoms with E-state index in [1.54, 1.807) is 12.1 Å². The number of ether oxygens (including phenoxy) is 1. The predicted octanol–water partition coefficient (Wildman–Crippen LogP) is 4.43. The number of benzene rings is 1. The molecule has 43 heavy (non-hydrogen) atoms. The highest BCUT2D eigenvalue weighted by Crippen LogP contribution is 2.33. The number of aliphatic hydroxyl groups is 1. The molecule has 0 bridgehead atoms. The molecule has 0 saturated heterocycles. The molecule has 1 fully saturated rings. The molecule has 238 valence electrons. The summed E-state index contributed by atoms with van der Waals surface area (Å²) in [7, 11) is -1.15. The number of rotatable bonds is 17. The summed E-state index contributed by atoms with van der Waals surface area (Å²) in [6.07, 6.45) is 12.9. The van der Waals surface area contributed by atoms with Gasteiger partial charge in [0, 0.05) is 37.7 Å². The van der Waals surface area contributed by atoms with Gasteiger partial charge in [-0.25, -0.2) is 8.42 Å². The predicted molar refractivity (Wildman–Crippen MR) is 172 cm³/mol. The van der Waals surface area contributed by atoms with Crippen LogP contribution in [0.3, 0.4) is 0 Å². The number of aromatic hydroxyl groups is 1. The van der Waals surface area contributed by atoms with E-state index in [-0.39, 0.29) is 22.5 Å². The van der Waals surface area contributed by atoms with Gasteiger partial charge in [0.2, 0.25) is 5.56 Å². The van der Waals surface area contributed by atoms with Gasteiger partial charge in [-0.2, -0.15) is 0 Å². The number of likely N-dealkylation sites (N-methyl/N-ethyl adjacent to an activating group) is 1. The van der Waals surface area contributed by atoms with Gasteiger partial charge in [-0.3, -0.25) is 4.79 Å². The van der Waals surface area contributed by atoms with Crippen molar-refractivity contribution in [1.29, 1.82) is 0 Å². The second-order valence-corrected chi connectivity index (χ2v) is 14.4. The van der Waals surface area contributed by atoms with Crippen LogP contribution in [0.15, 0.2) is 52.2 Å². The maximum absolute atomic E-state index is 13.1. The molecule has 4 N–H and O–H groups in total. The van der Waals surface area contributed by atoms with Crippen molar-refractivity contribution in [2.24, 2.45) is 11.8 Å². The van der Waals surface area contributed by atoms with Crippen LogP contribution in [0.4, 0.5) is 0 Å². The van der Waals surface area contributed by atoms with E-state index in [0.29, 0.717) is 40.4 Å². The van der Waals surface area contributed by atoms with Gasteiger partial charge < -0.3 is 30.2 Å². The topological polar surface area (TPSA) is 132 Å². The highest BCUT2D eigenvalue weighted by atomic mass is 32.2. The number of allylic oxidation sites excluding steroid dienone is 2. The van der Waals surface area contributed by atoms with Crippen LogP contribution in [0.5, 0.6) is 5.75 Å². The number of aliphatic hydroxyl groups excluding tert-OH is 1. The molecule has 1 heterocycles. The van der Waals surface area contributed by atoms with Crippen molar-refractivity contribution in [2.75, 3.05) is 46.4 Å². The van der Waals surface area contributed by atoms with Gasteiger partial charge in [0.25, 0.3) is 0 Å². The summed E-state index contributed by atoms with van der Waals surface area (Å²) in [5.41, 5.74) is 0.708. The third-order valence-corrected chi connectivity index (χ3v) is 11.1. The summed E-state index contributed by atoms with van der Waals surface area (Å²) in [5, 5.41) is 24.4. The van der Waals surface area contributed by atoms with Crippen molar-refractivity contribution in [2.45, 2.75) is 69.6 Å². The van der Waals surface area contributed by atoms with E-state index < -0.39 is 15.9 Å². The number of pyridine rings is 1. The average molecular weight is 616 g/mol. The maximum atomic E-state index is 13.1. The van der Waals surface area contributed by atoms with Crippen molar-refractivity contribution in [3.05, 3.63) is 63.3 Å². The Kier molecular flexibility index (Phi) is 12.4. The minimum absolute atomic E-state index is 0.0145. The molecule has 0 radical (unpaired) electrons. The third kappa shape index (κ3) is 9.25. The first-order valence-corrected chi connectivity index (χ1v) is 17.4. The van der Waals surface area contributed by atoms with Crippen molar-refractivity contribution >= 4 is 20.7 Å². The summed E-state index contributed by atoms with van der Waals surface area (Å²) in [6.45, 7) is 6.33. The van der Waals surface area contributed by atoms with E-state index in [4.69, 9.17) is 4.74 Å². The monoisotopic (exact) mass is 615 g/mol. The Morgan fingerprint density at radius 3 is 2.65 bits per heavy atom. The highest BCUT2D eigenvalue weighted by molar-refractivity contribution is 7.96. The Morgan fingerprint density at radius 1 is 1.09 bits per heavy atom. The lowest BCUT2D eigenvalue weighted by Gasteiger charge is -2.28. The van der Waals surface area contributed by atoms with Crippen molar-refractivity contribution < 1.29 is 23.4 Å². The number of sulfone groups is 1. The van der Waals surface area contributed by atoms with Crippen molar-refractivity contribution in [3.8, 4) is 5.75 Å². The Labute approximate surface area is 255 Å². The van der Waals surface area contributed by atoms with Gasteiger partial charge in [0.1, 0.15) is 5.75 Å². The van der Waals surface area contributed by atoms with Gasteiger partial charge in [-0.15, -0.1) is 0 Å². The van der Waals surface area contributed by atoms with Crippen LogP contribution in [0.1, 0.15) is 70.0 Å². The fraction of sp³-hybridized carbons (Fsp3) is 0.606. The van der Waals surface area contributed by atoms with Crippen LogP contribution < -0.4 is 10.9 Å². The molecule has 2 unspecified atom stereocenters. The second-order valence-electron chi connectivity index (χ2n) is 12.2. The molecule has 1 aromatic heterocycles. The molecule has 0 amide bonds. The van der Waals surface area contributed by atoms with Crippen LogP contribution >= 0.6 is 0 Å². The third-order valence-electron chi connectivity index (χ3n) is 8.82. The molecule has 2 aliphatic rings. The van der Waals surface area contributed by atoms with Crippen LogP contribution in [0.25, 0.3) is 10.9 Å². The van der Waals surface area contributed by atoms with E-state index >= 15 is 0 Å². The molecular formula is C33H49N3O6S. The molecule has 2 aromatic rings. The molecule has 4 rings (SSSR count). The molecule has 1 saturated carbocycles. The van der Waals surface area contributed by atoms with E-state index in [9.17, 15) is 23.4 Å².